The molecule has 0 N–H and O–H groups in total. The topological polar surface area (TPSA) is 72.9 Å². The van der Waals surface area contributed by atoms with Gasteiger partial charge in [0, 0.05) is 6.42 Å². The lowest BCUT2D eigenvalue weighted by atomic mass is 10.0. The van der Waals surface area contributed by atoms with E-state index >= 15 is 0 Å². The number of hydrogen-bond donors (Lipinski definition) is 0. The highest BCUT2D eigenvalue weighted by Gasteiger charge is 2.37. The molecule has 2 aromatic carbocycles. The summed E-state index contributed by atoms with van der Waals surface area (Å²) in [5.74, 6) is -0.637. The van der Waals surface area contributed by atoms with Gasteiger partial charge in [0.2, 0.25) is 5.91 Å². The lowest BCUT2D eigenvalue weighted by Crippen LogP contribution is -2.40. The number of amides is 2. The third-order valence-corrected chi connectivity index (χ3v) is 4.90. The van der Waals surface area contributed by atoms with Crippen LogP contribution in [0.3, 0.4) is 0 Å². The summed E-state index contributed by atoms with van der Waals surface area (Å²) >= 11 is 0. The van der Waals surface area contributed by atoms with Crippen molar-refractivity contribution in [2.45, 2.75) is 32.2 Å². The van der Waals surface area contributed by atoms with E-state index in [1.165, 1.54) is 4.90 Å². The molecule has 1 fully saturated rings. The van der Waals surface area contributed by atoms with Crippen LogP contribution in [0.1, 0.15) is 35.7 Å². The van der Waals surface area contributed by atoms with Gasteiger partial charge in [0.25, 0.3) is 0 Å². The quantitative estimate of drug-likeness (QED) is 0.635. The van der Waals surface area contributed by atoms with Crippen LogP contribution in [0.4, 0.5) is 4.79 Å². The van der Waals surface area contributed by atoms with Crippen molar-refractivity contribution >= 4 is 18.0 Å². The molecule has 0 bridgehead atoms. The van der Waals surface area contributed by atoms with Gasteiger partial charge in [-0.3, -0.25) is 4.79 Å². The fourth-order valence-electron chi connectivity index (χ4n) is 3.25. The van der Waals surface area contributed by atoms with Crippen LogP contribution in [0.5, 0.6) is 0 Å². The van der Waals surface area contributed by atoms with Gasteiger partial charge in [0.1, 0.15) is 6.61 Å². The summed E-state index contributed by atoms with van der Waals surface area (Å²) in [6.45, 7) is 2.35. The van der Waals surface area contributed by atoms with Gasteiger partial charge in [-0.05, 0) is 36.5 Å². The van der Waals surface area contributed by atoms with E-state index in [9.17, 15) is 14.4 Å². The van der Waals surface area contributed by atoms with Crippen molar-refractivity contribution in [3.63, 3.8) is 0 Å². The van der Waals surface area contributed by atoms with Crippen molar-refractivity contribution in [1.82, 2.24) is 4.90 Å². The summed E-state index contributed by atoms with van der Waals surface area (Å²) < 4.78 is 10.4. The first-order chi connectivity index (χ1) is 14.0. The zero-order chi connectivity index (χ0) is 20.6. The molecule has 6 nitrogen and oxygen atoms in total. The number of carbonyl (C=O) groups excluding carboxylic acids is 3. The molecule has 0 spiro atoms. The van der Waals surface area contributed by atoms with Gasteiger partial charge < -0.3 is 9.47 Å². The molecule has 152 valence electrons. The number of imide groups is 1. The van der Waals surface area contributed by atoms with Gasteiger partial charge >= 0.3 is 12.1 Å². The molecule has 1 saturated heterocycles. The number of hydrogen-bond acceptors (Lipinski definition) is 5. The van der Waals surface area contributed by atoms with Gasteiger partial charge in [0.05, 0.1) is 18.2 Å². The number of ether oxygens (including phenoxy) is 2. The van der Waals surface area contributed by atoms with Crippen molar-refractivity contribution in [3.05, 3.63) is 71.8 Å². The molecule has 2 amide bonds. The minimum Gasteiger partial charge on any atom is -0.462 e. The van der Waals surface area contributed by atoms with E-state index in [-0.39, 0.29) is 43.5 Å². The summed E-state index contributed by atoms with van der Waals surface area (Å²) in [6, 6.07) is 18.2. The molecule has 3 rings (SSSR count). The summed E-state index contributed by atoms with van der Waals surface area (Å²) in [5, 5.41) is 0. The molecular weight excluding hydrogens is 370 g/mol. The second-order valence-corrected chi connectivity index (χ2v) is 7.29. The van der Waals surface area contributed by atoms with Crippen molar-refractivity contribution < 1.29 is 23.9 Å². The van der Waals surface area contributed by atoms with Crippen LogP contribution in [-0.2, 0) is 20.7 Å². The molecule has 1 heterocycles. The molecule has 2 atom stereocenters. The fraction of sp³-hybridized carbons (Fsp3) is 0.348. The van der Waals surface area contributed by atoms with E-state index < -0.39 is 6.09 Å². The largest absolute Gasteiger partial charge is 0.462 e. The van der Waals surface area contributed by atoms with Gasteiger partial charge in [-0.25, -0.2) is 14.5 Å². The summed E-state index contributed by atoms with van der Waals surface area (Å²) in [7, 11) is 0. The van der Waals surface area contributed by atoms with E-state index in [1.54, 1.807) is 24.3 Å². The van der Waals surface area contributed by atoms with Crippen LogP contribution in [0.15, 0.2) is 60.7 Å². The van der Waals surface area contributed by atoms with E-state index in [2.05, 4.69) is 0 Å². The maximum atomic E-state index is 12.6. The molecule has 2 aromatic rings. The standard InChI is InChI=1S/C23H25NO5/c1-17(15-28-22(26)19-10-6-3-7-11-19)12-13-21(25)24-20(16-29-23(24)27)14-18-8-4-2-5-9-18/h2-11,17,20H,12-16H2,1H3/t17-,20+/m1/s1. The van der Waals surface area contributed by atoms with Crippen LogP contribution in [-0.4, -0.2) is 42.1 Å². The number of carbonyl (C=O) groups is 3. The Labute approximate surface area is 170 Å². The smallest absolute Gasteiger partial charge is 0.416 e. The molecule has 1 aliphatic heterocycles. The van der Waals surface area contributed by atoms with Gasteiger partial charge in [-0.2, -0.15) is 0 Å². The molecule has 29 heavy (non-hydrogen) atoms. The van der Waals surface area contributed by atoms with E-state index in [1.807, 2.05) is 43.3 Å². The molecule has 0 radical (unpaired) electrons. The Morgan fingerprint density at radius 2 is 1.76 bits per heavy atom. The minimum atomic E-state index is -0.584. The molecule has 0 unspecified atom stereocenters. The first-order valence-corrected chi connectivity index (χ1v) is 9.79. The molecule has 0 aliphatic carbocycles. The first-order valence-electron chi connectivity index (χ1n) is 9.79. The number of cyclic esters (lactones) is 1. The van der Waals surface area contributed by atoms with Crippen molar-refractivity contribution in [3.8, 4) is 0 Å². The van der Waals surface area contributed by atoms with Crippen molar-refractivity contribution in [1.29, 1.82) is 0 Å². The van der Waals surface area contributed by atoms with Gasteiger partial charge in [-0.1, -0.05) is 55.5 Å². The average molecular weight is 395 g/mol. The predicted octanol–water partition coefficient (Wildman–Crippen LogP) is 3.85. The predicted molar refractivity (Wildman–Crippen MR) is 107 cm³/mol. The third kappa shape index (κ3) is 5.67. The Bertz CT molecular complexity index is 837. The first kappa shape index (κ1) is 20.6. The lowest BCUT2D eigenvalue weighted by molar-refractivity contribution is -0.129. The number of nitrogens with zero attached hydrogens (tertiary/aromatic N) is 1. The summed E-state index contributed by atoms with van der Waals surface area (Å²) in [4.78, 5) is 37.9. The second-order valence-electron chi connectivity index (χ2n) is 7.29. The van der Waals surface area contributed by atoms with Crippen LogP contribution >= 0.6 is 0 Å². The molecular formula is C23H25NO5. The minimum absolute atomic E-state index is 0.00203. The normalized spacial score (nSPS) is 16.9. The molecule has 6 heteroatoms. The lowest BCUT2D eigenvalue weighted by Gasteiger charge is -2.20. The summed E-state index contributed by atoms with van der Waals surface area (Å²) in [5.41, 5.74) is 1.55. The van der Waals surface area contributed by atoms with Gasteiger partial charge in [0.15, 0.2) is 0 Å². The van der Waals surface area contributed by atoms with Crippen molar-refractivity contribution in [2.75, 3.05) is 13.2 Å². The van der Waals surface area contributed by atoms with Crippen LogP contribution < -0.4 is 0 Å². The maximum Gasteiger partial charge on any atom is 0.416 e. The maximum absolute atomic E-state index is 12.6. The van der Waals surface area contributed by atoms with Crippen LogP contribution in [0.2, 0.25) is 0 Å². The molecule has 0 aromatic heterocycles. The SMILES string of the molecule is C[C@H](CCC(=O)N1C(=O)OC[C@@H]1Cc1ccccc1)COC(=O)c1ccccc1. The van der Waals surface area contributed by atoms with E-state index in [0.717, 1.165) is 5.56 Å². The highest BCUT2D eigenvalue weighted by molar-refractivity contribution is 5.93. The monoisotopic (exact) mass is 395 g/mol. The summed E-state index contributed by atoms with van der Waals surface area (Å²) in [6.07, 6.45) is 0.703. The highest BCUT2D eigenvalue weighted by atomic mass is 16.6. The fourth-order valence-corrected chi connectivity index (χ4v) is 3.25. The van der Waals surface area contributed by atoms with E-state index in [4.69, 9.17) is 9.47 Å². The zero-order valence-corrected chi connectivity index (χ0v) is 16.5. The van der Waals surface area contributed by atoms with Crippen LogP contribution in [0, 0.1) is 5.92 Å². The Balaban J connectivity index is 1.47. The molecule has 0 saturated carbocycles. The Morgan fingerprint density at radius 1 is 1.10 bits per heavy atom. The number of benzene rings is 2. The molecule has 1 aliphatic rings. The number of esters is 1. The Hall–Kier alpha value is -3.15. The second kappa shape index (κ2) is 9.87. The number of rotatable bonds is 8. The zero-order valence-electron chi connectivity index (χ0n) is 16.5. The Kier molecular flexibility index (Phi) is 7.00. The van der Waals surface area contributed by atoms with E-state index in [0.29, 0.717) is 18.4 Å². The third-order valence-electron chi connectivity index (χ3n) is 4.90. The Morgan fingerprint density at radius 3 is 2.45 bits per heavy atom. The average Bonchev–Trinajstić information content (AvgIpc) is 3.11. The van der Waals surface area contributed by atoms with Gasteiger partial charge in [-0.15, -0.1) is 0 Å². The van der Waals surface area contributed by atoms with Crippen LogP contribution in [0.25, 0.3) is 0 Å². The highest BCUT2D eigenvalue weighted by Crippen LogP contribution is 2.20. The van der Waals surface area contributed by atoms with Crippen molar-refractivity contribution in [2.24, 2.45) is 5.92 Å².